The van der Waals surface area contributed by atoms with Gasteiger partial charge in [-0.3, -0.25) is 19.7 Å². The van der Waals surface area contributed by atoms with Crippen molar-refractivity contribution >= 4 is 17.3 Å². The number of non-ortho nitro benzene ring substituents is 1. The van der Waals surface area contributed by atoms with Crippen LogP contribution >= 0.6 is 0 Å². The monoisotopic (exact) mass is 222 g/mol. The van der Waals surface area contributed by atoms with E-state index in [2.05, 4.69) is 0 Å². The van der Waals surface area contributed by atoms with Gasteiger partial charge < -0.3 is 0 Å². The molecule has 1 heterocycles. The summed E-state index contributed by atoms with van der Waals surface area (Å²) in [7, 11) is 1.37. The smallest absolute Gasteiger partial charge is 0.271 e. The molecule has 1 aliphatic heterocycles. The number of benzene rings is 1. The van der Waals surface area contributed by atoms with Gasteiger partial charge >= 0.3 is 0 Å². The van der Waals surface area contributed by atoms with E-state index in [4.69, 9.17) is 4.84 Å². The molecule has 1 aromatic carbocycles. The topological polar surface area (TPSA) is 72.7 Å². The molecule has 1 aromatic rings. The number of nitrogens with zero attached hydrogens (tertiary/aromatic N) is 2. The van der Waals surface area contributed by atoms with Gasteiger partial charge in [0.2, 0.25) is 0 Å². The van der Waals surface area contributed by atoms with Gasteiger partial charge in [-0.05, 0) is 12.0 Å². The summed E-state index contributed by atoms with van der Waals surface area (Å²) >= 11 is 0. The molecule has 1 amide bonds. The minimum absolute atomic E-state index is 0.0458. The lowest BCUT2D eigenvalue weighted by molar-refractivity contribution is -0.384. The molecule has 0 bridgehead atoms. The molecule has 16 heavy (non-hydrogen) atoms. The summed E-state index contributed by atoms with van der Waals surface area (Å²) in [6, 6.07) is 4.45. The van der Waals surface area contributed by atoms with Crippen LogP contribution in [0.25, 0.3) is 0 Å². The summed E-state index contributed by atoms with van der Waals surface area (Å²) in [6.45, 7) is 0. The number of amides is 1. The Morgan fingerprint density at radius 1 is 1.44 bits per heavy atom. The van der Waals surface area contributed by atoms with E-state index in [1.54, 1.807) is 6.07 Å². The van der Waals surface area contributed by atoms with E-state index in [0.29, 0.717) is 18.5 Å². The third-order valence-corrected chi connectivity index (χ3v) is 2.52. The number of fused-ring (bicyclic) bond motifs is 1. The predicted molar refractivity (Wildman–Crippen MR) is 55.9 cm³/mol. The fourth-order valence-corrected chi connectivity index (χ4v) is 1.74. The number of carbonyl (C=O) groups is 1. The second-order valence-corrected chi connectivity index (χ2v) is 3.44. The van der Waals surface area contributed by atoms with E-state index < -0.39 is 4.92 Å². The molecule has 6 nitrogen and oxygen atoms in total. The number of carbonyl (C=O) groups excluding carboxylic acids is 1. The molecule has 6 heteroatoms. The third-order valence-electron chi connectivity index (χ3n) is 2.52. The Labute approximate surface area is 91.5 Å². The number of hydrogen-bond donors (Lipinski definition) is 0. The lowest BCUT2D eigenvalue weighted by atomic mass is 10.0. The van der Waals surface area contributed by atoms with E-state index in [-0.39, 0.29) is 11.6 Å². The second-order valence-electron chi connectivity index (χ2n) is 3.44. The van der Waals surface area contributed by atoms with Crippen LogP contribution < -0.4 is 5.06 Å². The minimum Gasteiger partial charge on any atom is -0.272 e. The molecule has 2 rings (SSSR count). The van der Waals surface area contributed by atoms with Crippen molar-refractivity contribution in [3.8, 4) is 0 Å². The molecule has 0 radical (unpaired) electrons. The van der Waals surface area contributed by atoms with Crippen LogP contribution in [-0.4, -0.2) is 17.9 Å². The number of hydrogen-bond acceptors (Lipinski definition) is 4. The van der Waals surface area contributed by atoms with Gasteiger partial charge in [-0.25, -0.2) is 0 Å². The Kier molecular flexibility index (Phi) is 2.57. The zero-order valence-corrected chi connectivity index (χ0v) is 8.67. The summed E-state index contributed by atoms with van der Waals surface area (Å²) in [5.74, 6) is -0.185. The van der Waals surface area contributed by atoms with Crippen molar-refractivity contribution in [1.82, 2.24) is 0 Å². The zero-order valence-electron chi connectivity index (χ0n) is 8.67. The molecule has 0 fully saturated rings. The SMILES string of the molecule is CON1C(=O)CCc2ccc([N+](=O)[O-])cc21. The van der Waals surface area contributed by atoms with Crippen molar-refractivity contribution in [3.63, 3.8) is 0 Å². The van der Waals surface area contributed by atoms with Gasteiger partial charge in [0.25, 0.3) is 11.6 Å². The lowest BCUT2D eigenvalue weighted by Crippen LogP contribution is -2.34. The lowest BCUT2D eigenvalue weighted by Gasteiger charge is -2.26. The van der Waals surface area contributed by atoms with Crippen molar-refractivity contribution in [2.24, 2.45) is 0 Å². The van der Waals surface area contributed by atoms with Gasteiger partial charge in [0, 0.05) is 18.6 Å². The third kappa shape index (κ3) is 1.63. The molecular weight excluding hydrogens is 212 g/mol. The second kappa shape index (κ2) is 3.90. The summed E-state index contributed by atoms with van der Waals surface area (Å²) in [5, 5.41) is 11.7. The van der Waals surface area contributed by atoms with Crippen LogP contribution in [0.5, 0.6) is 0 Å². The van der Waals surface area contributed by atoms with Gasteiger partial charge in [0.05, 0.1) is 17.7 Å². The number of rotatable bonds is 2. The maximum Gasteiger partial charge on any atom is 0.271 e. The highest BCUT2D eigenvalue weighted by Gasteiger charge is 2.26. The number of nitro benzene ring substituents is 1. The molecule has 1 aliphatic rings. The van der Waals surface area contributed by atoms with Gasteiger partial charge in [-0.2, -0.15) is 5.06 Å². The number of hydroxylamine groups is 1. The minimum atomic E-state index is -0.493. The highest BCUT2D eigenvalue weighted by Crippen LogP contribution is 2.31. The first-order valence-corrected chi connectivity index (χ1v) is 4.78. The van der Waals surface area contributed by atoms with Crippen LogP contribution in [0.3, 0.4) is 0 Å². The van der Waals surface area contributed by atoms with Crippen molar-refractivity contribution in [1.29, 1.82) is 0 Å². The standard InChI is InChI=1S/C10H10N2O4/c1-16-11-9-6-8(12(14)15)4-2-7(9)3-5-10(11)13/h2,4,6H,3,5H2,1H3. The highest BCUT2D eigenvalue weighted by molar-refractivity contribution is 5.94. The van der Waals surface area contributed by atoms with Gasteiger partial charge in [-0.1, -0.05) is 6.07 Å². The first-order chi connectivity index (χ1) is 7.63. The van der Waals surface area contributed by atoms with Crippen LogP contribution in [0.2, 0.25) is 0 Å². The molecule has 0 N–H and O–H groups in total. The maximum atomic E-state index is 11.5. The molecule has 0 saturated carbocycles. The van der Waals surface area contributed by atoms with Crippen LogP contribution in [0.15, 0.2) is 18.2 Å². The molecule has 84 valence electrons. The van der Waals surface area contributed by atoms with Crippen molar-refractivity contribution in [2.45, 2.75) is 12.8 Å². The summed E-state index contributed by atoms with van der Waals surface area (Å²) < 4.78 is 0. The van der Waals surface area contributed by atoms with Crippen molar-refractivity contribution in [2.75, 3.05) is 12.2 Å². The maximum absolute atomic E-state index is 11.5. The normalized spacial score (nSPS) is 14.8. The quantitative estimate of drug-likeness (QED) is 0.560. The van der Waals surface area contributed by atoms with Crippen molar-refractivity contribution < 1.29 is 14.6 Å². The molecule has 0 saturated heterocycles. The number of nitro groups is 1. The average molecular weight is 222 g/mol. The first kappa shape index (κ1) is 10.6. The van der Waals surface area contributed by atoms with Gasteiger partial charge in [0.15, 0.2) is 0 Å². The Bertz CT molecular complexity index is 458. The predicted octanol–water partition coefficient (Wildman–Crippen LogP) is 1.44. The van der Waals surface area contributed by atoms with Crippen molar-refractivity contribution in [3.05, 3.63) is 33.9 Å². The molecule has 0 aromatic heterocycles. The molecule has 0 unspecified atom stereocenters. The highest BCUT2D eigenvalue weighted by atomic mass is 16.7. The van der Waals surface area contributed by atoms with E-state index >= 15 is 0 Å². The first-order valence-electron chi connectivity index (χ1n) is 4.78. The van der Waals surface area contributed by atoms with E-state index in [0.717, 1.165) is 10.6 Å². The zero-order chi connectivity index (χ0) is 11.7. The van der Waals surface area contributed by atoms with Crippen LogP contribution in [0.1, 0.15) is 12.0 Å². The Morgan fingerprint density at radius 3 is 2.81 bits per heavy atom. The average Bonchev–Trinajstić information content (AvgIpc) is 2.28. The largest absolute Gasteiger partial charge is 0.272 e. The van der Waals surface area contributed by atoms with E-state index in [9.17, 15) is 14.9 Å². The Balaban J connectivity index is 2.49. The van der Waals surface area contributed by atoms with Crippen LogP contribution in [0.4, 0.5) is 11.4 Å². The summed E-state index contributed by atoms with van der Waals surface area (Å²) in [4.78, 5) is 26.6. The Morgan fingerprint density at radius 2 is 2.19 bits per heavy atom. The van der Waals surface area contributed by atoms with Crippen LogP contribution in [0, 0.1) is 10.1 Å². The van der Waals surface area contributed by atoms with Crippen LogP contribution in [-0.2, 0) is 16.1 Å². The summed E-state index contributed by atoms with van der Waals surface area (Å²) in [6.07, 6.45) is 0.949. The fraction of sp³-hybridized carbons (Fsp3) is 0.300. The number of anilines is 1. The van der Waals surface area contributed by atoms with E-state index in [1.165, 1.54) is 19.2 Å². The summed E-state index contributed by atoms with van der Waals surface area (Å²) in [5.41, 5.74) is 1.30. The molecule has 0 atom stereocenters. The Hall–Kier alpha value is -1.95. The van der Waals surface area contributed by atoms with E-state index in [1.807, 2.05) is 0 Å². The molecule has 0 spiro atoms. The number of aryl methyl sites for hydroxylation is 1. The molecular formula is C10H10N2O4. The van der Waals surface area contributed by atoms with Gasteiger partial charge in [0.1, 0.15) is 0 Å². The fourth-order valence-electron chi connectivity index (χ4n) is 1.74. The molecule has 0 aliphatic carbocycles. The van der Waals surface area contributed by atoms with Gasteiger partial charge in [-0.15, -0.1) is 0 Å².